The highest BCUT2D eigenvalue weighted by molar-refractivity contribution is 6.07. The summed E-state index contributed by atoms with van der Waals surface area (Å²) < 4.78 is 1.64. The van der Waals surface area contributed by atoms with Gasteiger partial charge in [-0.3, -0.25) is 9.69 Å². The fraction of sp³-hybridized carbons (Fsp3) is 0.471. The molecule has 8 nitrogen and oxygen atoms in total. The molecule has 8 heteroatoms. The maximum absolute atomic E-state index is 12.9. The first kappa shape index (κ1) is 17.1. The predicted octanol–water partition coefficient (Wildman–Crippen LogP) is 1.75. The zero-order chi connectivity index (χ0) is 18.0. The lowest BCUT2D eigenvalue weighted by Gasteiger charge is -2.22. The molecule has 1 atom stereocenters. The van der Waals surface area contributed by atoms with Crippen molar-refractivity contribution in [3.8, 4) is 0 Å². The minimum absolute atomic E-state index is 0.0584. The number of tetrazole rings is 1. The second kappa shape index (κ2) is 6.62. The highest BCUT2D eigenvalue weighted by atomic mass is 16.2. The van der Waals surface area contributed by atoms with E-state index in [1.807, 2.05) is 31.2 Å². The number of nitrogens with one attached hydrogen (secondary N) is 1. The molecule has 1 aromatic carbocycles. The van der Waals surface area contributed by atoms with Crippen LogP contribution in [-0.4, -0.2) is 37.0 Å². The van der Waals surface area contributed by atoms with Crippen LogP contribution < -0.4 is 5.32 Å². The number of benzene rings is 1. The Labute approximate surface area is 146 Å². The van der Waals surface area contributed by atoms with Gasteiger partial charge in [0.15, 0.2) is 5.82 Å². The third-order valence-corrected chi connectivity index (χ3v) is 4.53. The van der Waals surface area contributed by atoms with Crippen LogP contribution in [0.4, 0.5) is 4.79 Å². The number of carbonyl (C=O) groups excluding carboxylic acids is 2. The molecule has 1 fully saturated rings. The third-order valence-electron chi connectivity index (χ3n) is 4.53. The Morgan fingerprint density at radius 2 is 1.92 bits per heavy atom. The molecule has 2 heterocycles. The predicted molar refractivity (Wildman–Crippen MR) is 90.3 cm³/mol. The molecule has 0 unspecified atom stereocenters. The number of unbranched alkanes of at least 4 members (excludes halogenated alkanes) is 1. The quantitative estimate of drug-likeness (QED) is 0.807. The summed E-state index contributed by atoms with van der Waals surface area (Å²) in [6, 6.07) is 7.14. The highest BCUT2D eigenvalue weighted by Crippen LogP contribution is 2.29. The molecule has 132 valence electrons. The average Bonchev–Trinajstić information content (AvgIpc) is 3.12. The van der Waals surface area contributed by atoms with E-state index in [1.54, 1.807) is 11.6 Å². The summed E-state index contributed by atoms with van der Waals surface area (Å²) >= 11 is 0. The Morgan fingerprint density at radius 3 is 2.60 bits per heavy atom. The molecular weight excluding hydrogens is 320 g/mol. The van der Waals surface area contributed by atoms with Crippen molar-refractivity contribution in [3.63, 3.8) is 0 Å². The second-order valence-corrected chi connectivity index (χ2v) is 6.48. The van der Waals surface area contributed by atoms with E-state index in [0.29, 0.717) is 12.4 Å². The first-order valence-corrected chi connectivity index (χ1v) is 8.42. The fourth-order valence-corrected chi connectivity index (χ4v) is 2.88. The topological polar surface area (TPSA) is 93.0 Å². The molecule has 0 aliphatic carbocycles. The van der Waals surface area contributed by atoms with Gasteiger partial charge in [0.25, 0.3) is 5.91 Å². The maximum atomic E-state index is 12.9. The van der Waals surface area contributed by atoms with E-state index in [4.69, 9.17) is 0 Å². The van der Waals surface area contributed by atoms with Crippen LogP contribution in [0.5, 0.6) is 0 Å². The number of amides is 3. The van der Waals surface area contributed by atoms with Gasteiger partial charge in [0.1, 0.15) is 5.54 Å². The normalized spacial score (nSPS) is 20.2. The lowest BCUT2D eigenvalue weighted by molar-refractivity contribution is -0.131. The molecular formula is C17H22N6O2. The Bertz CT molecular complexity index is 785. The first-order chi connectivity index (χ1) is 12.0. The van der Waals surface area contributed by atoms with Crippen LogP contribution in [0.2, 0.25) is 0 Å². The number of nitrogens with zero attached hydrogens (tertiary/aromatic N) is 5. The Balaban J connectivity index is 1.82. The van der Waals surface area contributed by atoms with Crippen LogP contribution in [0.3, 0.4) is 0 Å². The van der Waals surface area contributed by atoms with E-state index in [0.717, 1.165) is 24.0 Å². The second-order valence-electron chi connectivity index (χ2n) is 6.48. The van der Waals surface area contributed by atoms with Gasteiger partial charge in [-0.25, -0.2) is 9.48 Å². The van der Waals surface area contributed by atoms with Gasteiger partial charge in [0.2, 0.25) is 0 Å². The monoisotopic (exact) mass is 342 g/mol. The van der Waals surface area contributed by atoms with Gasteiger partial charge < -0.3 is 5.32 Å². The van der Waals surface area contributed by atoms with Gasteiger partial charge in [-0.2, -0.15) is 0 Å². The van der Waals surface area contributed by atoms with Crippen LogP contribution in [-0.2, 0) is 23.4 Å². The summed E-state index contributed by atoms with van der Waals surface area (Å²) in [4.78, 5) is 26.5. The standard InChI is InChI=1S/C17H22N6O2/c1-4-5-10-23-14(19-20-21-23)11-22-15(24)17(3,18-16(22)25)13-8-6-12(2)7-9-13/h6-9H,4-5,10-11H2,1-3H3,(H,18,25)/t17-/m0/s1. The summed E-state index contributed by atoms with van der Waals surface area (Å²) in [6.45, 7) is 6.50. The van der Waals surface area contributed by atoms with E-state index in [9.17, 15) is 9.59 Å². The van der Waals surface area contributed by atoms with Crippen molar-refractivity contribution >= 4 is 11.9 Å². The van der Waals surface area contributed by atoms with Crippen molar-refractivity contribution in [2.75, 3.05) is 0 Å². The van der Waals surface area contributed by atoms with Crippen LogP contribution in [0, 0.1) is 6.92 Å². The van der Waals surface area contributed by atoms with E-state index < -0.39 is 11.6 Å². The molecule has 1 aromatic heterocycles. The molecule has 2 aromatic rings. The van der Waals surface area contributed by atoms with Gasteiger partial charge in [-0.1, -0.05) is 43.2 Å². The maximum Gasteiger partial charge on any atom is 0.325 e. The van der Waals surface area contributed by atoms with Gasteiger partial charge >= 0.3 is 6.03 Å². The van der Waals surface area contributed by atoms with Crippen LogP contribution in [0.1, 0.15) is 43.6 Å². The largest absolute Gasteiger partial charge is 0.325 e. The van der Waals surface area contributed by atoms with Crippen molar-refractivity contribution in [1.29, 1.82) is 0 Å². The van der Waals surface area contributed by atoms with Gasteiger partial charge in [-0.05, 0) is 36.3 Å². The number of rotatable bonds is 6. The van der Waals surface area contributed by atoms with E-state index >= 15 is 0 Å². The Kier molecular flexibility index (Phi) is 4.52. The number of hydrogen-bond donors (Lipinski definition) is 1. The minimum atomic E-state index is -1.08. The molecule has 0 radical (unpaired) electrons. The zero-order valence-electron chi connectivity index (χ0n) is 14.7. The molecule has 1 aliphatic rings. The fourth-order valence-electron chi connectivity index (χ4n) is 2.88. The molecule has 1 N–H and O–H groups in total. The number of carbonyl (C=O) groups is 2. The Morgan fingerprint density at radius 1 is 1.20 bits per heavy atom. The smallest absolute Gasteiger partial charge is 0.319 e. The van der Waals surface area contributed by atoms with Gasteiger partial charge in [-0.15, -0.1) is 5.10 Å². The zero-order valence-corrected chi connectivity index (χ0v) is 14.7. The lowest BCUT2D eigenvalue weighted by Crippen LogP contribution is -2.40. The molecule has 0 saturated carbocycles. The number of hydrogen-bond acceptors (Lipinski definition) is 5. The van der Waals surface area contributed by atoms with E-state index in [1.165, 1.54) is 4.90 Å². The summed E-state index contributed by atoms with van der Waals surface area (Å²) in [6.07, 6.45) is 1.94. The van der Waals surface area contributed by atoms with Gasteiger partial charge in [0.05, 0.1) is 6.54 Å². The van der Waals surface area contributed by atoms with Crippen molar-refractivity contribution in [3.05, 3.63) is 41.2 Å². The summed E-state index contributed by atoms with van der Waals surface area (Å²) in [5.41, 5.74) is 0.771. The number of urea groups is 1. The summed E-state index contributed by atoms with van der Waals surface area (Å²) in [7, 11) is 0. The van der Waals surface area contributed by atoms with Crippen molar-refractivity contribution < 1.29 is 9.59 Å². The molecule has 3 rings (SSSR count). The number of aromatic nitrogens is 4. The van der Waals surface area contributed by atoms with Crippen LogP contribution in [0.15, 0.2) is 24.3 Å². The number of aryl methyl sites for hydroxylation is 2. The molecule has 0 spiro atoms. The Hall–Kier alpha value is -2.77. The van der Waals surface area contributed by atoms with E-state index in [-0.39, 0.29) is 12.5 Å². The molecule has 3 amide bonds. The summed E-state index contributed by atoms with van der Waals surface area (Å²) in [5.74, 6) is 0.205. The molecule has 1 aliphatic heterocycles. The van der Waals surface area contributed by atoms with Crippen molar-refractivity contribution in [2.24, 2.45) is 0 Å². The van der Waals surface area contributed by atoms with Crippen molar-refractivity contribution in [1.82, 2.24) is 30.4 Å². The van der Waals surface area contributed by atoms with Crippen LogP contribution in [0.25, 0.3) is 0 Å². The SMILES string of the molecule is CCCCn1nnnc1CN1C(=O)N[C@@](C)(c2ccc(C)cc2)C1=O. The van der Waals surface area contributed by atoms with Crippen LogP contribution >= 0.6 is 0 Å². The average molecular weight is 342 g/mol. The molecule has 1 saturated heterocycles. The van der Waals surface area contributed by atoms with Gasteiger partial charge in [0, 0.05) is 6.54 Å². The third kappa shape index (κ3) is 3.11. The minimum Gasteiger partial charge on any atom is -0.319 e. The van der Waals surface area contributed by atoms with E-state index in [2.05, 4.69) is 27.8 Å². The highest BCUT2D eigenvalue weighted by Gasteiger charge is 2.49. The first-order valence-electron chi connectivity index (χ1n) is 8.42. The summed E-state index contributed by atoms with van der Waals surface area (Å²) in [5, 5.41) is 14.4. The number of imide groups is 1. The lowest BCUT2D eigenvalue weighted by atomic mass is 9.91. The molecule has 0 bridgehead atoms. The molecule has 25 heavy (non-hydrogen) atoms. The van der Waals surface area contributed by atoms with Crippen molar-refractivity contribution in [2.45, 2.75) is 52.2 Å².